The Bertz CT molecular complexity index is 891. The number of benzene rings is 3. The second kappa shape index (κ2) is 5.15. The Balaban J connectivity index is 2.08. The van der Waals surface area contributed by atoms with Crippen molar-refractivity contribution >= 4 is 33.2 Å². The highest BCUT2D eigenvalue weighted by Crippen LogP contribution is 2.36. The molecule has 0 aliphatic rings. The Morgan fingerprint density at radius 3 is 1.73 bits per heavy atom. The maximum atomic E-state index is 4.79. The molecular formula is C20H16N2. The molecule has 4 aromatic rings. The fraction of sp³-hybridized carbons (Fsp3) is 0.0500. The summed E-state index contributed by atoms with van der Waals surface area (Å²) >= 11 is 0. The van der Waals surface area contributed by atoms with Crippen LogP contribution in [0.25, 0.3) is 21.8 Å². The molecule has 0 unspecified atom stereocenters. The number of para-hydroxylation sites is 3. The van der Waals surface area contributed by atoms with Crippen molar-refractivity contribution in [2.75, 3.05) is 11.9 Å². The van der Waals surface area contributed by atoms with E-state index >= 15 is 0 Å². The van der Waals surface area contributed by atoms with Gasteiger partial charge < -0.3 is 4.90 Å². The van der Waals surface area contributed by atoms with Gasteiger partial charge in [0, 0.05) is 23.5 Å². The molecule has 4 rings (SSSR count). The van der Waals surface area contributed by atoms with Crippen LogP contribution in [0, 0.1) is 0 Å². The second-order valence-electron chi connectivity index (χ2n) is 5.39. The molecule has 0 atom stereocenters. The Labute approximate surface area is 129 Å². The van der Waals surface area contributed by atoms with Crippen LogP contribution in [0.2, 0.25) is 0 Å². The van der Waals surface area contributed by atoms with Gasteiger partial charge in [-0.15, -0.1) is 0 Å². The molecule has 22 heavy (non-hydrogen) atoms. The maximum absolute atomic E-state index is 4.79. The summed E-state index contributed by atoms with van der Waals surface area (Å²) in [5, 5.41) is 2.35. The number of rotatable bonds is 2. The van der Waals surface area contributed by atoms with Crippen molar-refractivity contribution < 1.29 is 0 Å². The first kappa shape index (κ1) is 12.8. The van der Waals surface area contributed by atoms with E-state index in [4.69, 9.17) is 4.98 Å². The lowest BCUT2D eigenvalue weighted by Crippen LogP contribution is -2.10. The average Bonchev–Trinajstić information content (AvgIpc) is 2.60. The van der Waals surface area contributed by atoms with Gasteiger partial charge in [-0.3, -0.25) is 0 Å². The summed E-state index contributed by atoms with van der Waals surface area (Å²) in [7, 11) is 2.11. The molecule has 0 saturated carbocycles. The van der Waals surface area contributed by atoms with E-state index in [1.165, 1.54) is 22.1 Å². The summed E-state index contributed by atoms with van der Waals surface area (Å²) in [4.78, 5) is 7.03. The van der Waals surface area contributed by atoms with Crippen molar-refractivity contribution in [2.24, 2.45) is 0 Å². The second-order valence-corrected chi connectivity index (χ2v) is 5.39. The lowest BCUT2D eigenvalue weighted by atomic mass is 10.1. The van der Waals surface area contributed by atoms with E-state index in [0.717, 1.165) is 11.0 Å². The average molecular weight is 284 g/mol. The first-order chi connectivity index (χ1) is 10.8. The van der Waals surface area contributed by atoms with Crippen LogP contribution in [0.15, 0.2) is 78.9 Å². The molecule has 1 aromatic heterocycles. The van der Waals surface area contributed by atoms with E-state index in [-0.39, 0.29) is 0 Å². The molecule has 0 amide bonds. The lowest BCUT2D eigenvalue weighted by molar-refractivity contribution is 1.23. The van der Waals surface area contributed by atoms with Crippen molar-refractivity contribution in [2.45, 2.75) is 0 Å². The zero-order chi connectivity index (χ0) is 14.9. The summed E-state index contributed by atoms with van der Waals surface area (Å²) in [6.45, 7) is 0. The van der Waals surface area contributed by atoms with Crippen LogP contribution in [0.5, 0.6) is 0 Å². The normalized spacial score (nSPS) is 11.0. The molecule has 0 spiro atoms. The van der Waals surface area contributed by atoms with Gasteiger partial charge in [-0.25, -0.2) is 4.98 Å². The summed E-state index contributed by atoms with van der Waals surface area (Å²) < 4.78 is 0. The van der Waals surface area contributed by atoms with Crippen LogP contribution in [-0.4, -0.2) is 12.0 Å². The van der Waals surface area contributed by atoms with Crippen LogP contribution in [0.3, 0.4) is 0 Å². The van der Waals surface area contributed by atoms with Gasteiger partial charge in [0.2, 0.25) is 0 Å². The van der Waals surface area contributed by atoms with E-state index < -0.39 is 0 Å². The highest BCUT2D eigenvalue weighted by Gasteiger charge is 2.13. The molecule has 0 bridgehead atoms. The SMILES string of the molecule is CN(c1ccccc1)c1c2ccccc2nc2ccccc12. The maximum Gasteiger partial charge on any atom is 0.0730 e. The Kier molecular flexibility index (Phi) is 3.01. The number of pyridine rings is 1. The summed E-state index contributed by atoms with van der Waals surface area (Å²) in [6, 6.07) is 27.1. The number of hydrogen-bond donors (Lipinski definition) is 0. The fourth-order valence-electron chi connectivity index (χ4n) is 2.96. The molecule has 3 aromatic carbocycles. The van der Waals surface area contributed by atoms with Gasteiger partial charge in [0.25, 0.3) is 0 Å². The number of nitrogens with zero attached hydrogens (tertiary/aromatic N) is 2. The predicted octanol–water partition coefficient (Wildman–Crippen LogP) is 5.16. The third-order valence-corrected chi connectivity index (χ3v) is 4.04. The first-order valence-electron chi connectivity index (χ1n) is 7.41. The smallest absolute Gasteiger partial charge is 0.0730 e. The molecule has 0 radical (unpaired) electrons. The minimum Gasteiger partial charge on any atom is -0.344 e. The zero-order valence-corrected chi connectivity index (χ0v) is 12.4. The number of aromatic nitrogens is 1. The Morgan fingerprint density at radius 2 is 1.14 bits per heavy atom. The van der Waals surface area contributed by atoms with Crippen molar-refractivity contribution in [3.63, 3.8) is 0 Å². The van der Waals surface area contributed by atoms with Gasteiger partial charge in [-0.1, -0.05) is 54.6 Å². The van der Waals surface area contributed by atoms with Gasteiger partial charge in [-0.05, 0) is 24.3 Å². The molecule has 0 fully saturated rings. The molecule has 2 heteroatoms. The molecule has 0 N–H and O–H groups in total. The monoisotopic (exact) mass is 284 g/mol. The van der Waals surface area contributed by atoms with Crippen LogP contribution in [0.4, 0.5) is 11.4 Å². The molecule has 0 aliphatic carbocycles. The first-order valence-corrected chi connectivity index (χ1v) is 7.41. The van der Waals surface area contributed by atoms with Crippen molar-refractivity contribution in [1.82, 2.24) is 4.98 Å². The van der Waals surface area contributed by atoms with Crippen LogP contribution < -0.4 is 4.90 Å². The number of fused-ring (bicyclic) bond motifs is 2. The van der Waals surface area contributed by atoms with Crippen molar-refractivity contribution in [3.8, 4) is 0 Å². The highest BCUT2D eigenvalue weighted by atomic mass is 15.1. The molecule has 0 aliphatic heterocycles. The standard InChI is InChI=1S/C20H16N2/c1-22(15-9-3-2-4-10-15)20-16-11-5-7-13-18(16)21-19-14-8-6-12-17(19)20/h2-14H,1H3. The fourth-order valence-corrected chi connectivity index (χ4v) is 2.96. The lowest BCUT2D eigenvalue weighted by Gasteiger charge is -2.23. The van der Waals surface area contributed by atoms with Crippen LogP contribution >= 0.6 is 0 Å². The minimum atomic E-state index is 1.03. The van der Waals surface area contributed by atoms with Gasteiger partial charge in [-0.2, -0.15) is 0 Å². The van der Waals surface area contributed by atoms with Gasteiger partial charge >= 0.3 is 0 Å². The quantitative estimate of drug-likeness (QED) is 0.473. The van der Waals surface area contributed by atoms with E-state index in [2.05, 4.69) is 72.6 Å². The van der Waals surface area contributed by atoms with Crippen LogP contribution in [-0.2, 0) is 0 Å². The van der Waals surface area contributed by atoms with E-state index in [1.807, 2.05) is 18.2 Å². The van der Waals surface area contributed by atoms with E-state index in [9.17, 15) is 0 Å². The largest absolute Gasteiger partial charge is 0.344 e. The summed E-state index contributed by atoms with van der Waals surface area (Å²) in [6.07, 6.45) is 0. The molecule has 1 heterocycles. The Hall–Kier alpha value is -2.87. The third kappa shape index (κ3) is 2.01. The van der Waals surface area contributed by atoms with Gasteiger partial charge in [0.15, 0.2) is 0 Å². The third-order valence-electron chi connectivity index (χ3n) is 4.04. The topological polar surface area (TPSA) is 16.1 Å². The van der Waals surface area contributed by atoms with E-state index in [1.54, 1.807) is 0 Å². The molecule has 2 nitrogen and oxygen atoms in total. The molecule has 106 valence electrons. The summed E-state index contributed by atoms with van der Waals surface area (Å²) in [5.41, 5.74) is 4.43. The van der Waals surface area contributed by atoms with Gasteiger partial charge in [0.05, 0.1) is 16.7 Å². The number of hydrogen-bond acceptors (Lipinski definition) is 2. The number of anilines is 2. The highest BCUT2D eigenvalue weighted by molar-refractivity contribution is 6.09. The van der Waals surface area contributed by atoms with E-state index in [0.29, 0.717) is 0 Å². The molecule has 0 saturated heterocycles. The Morgan fingerprint density at radius 1 is 0.636 bits per heavy atom. The van der Waals surface area contributed by atoms with Crippen molar-refractivity contribution in [3.05, 3.63) is 78.9 Å². The minimum absolute atomic E-state index is 1.03. The van der Waals surface area contributed by atoms with Gasteiger partial charge in [0.1, 0.15) is 0 Å². The molecular weight excluding hydrogens is 268 g/mol. The summed E-state index contributed by atoms with van der Waals surface area (Å²) in [5.74, 6) is 0. The predicted molar refractivity (Wildman–Crippen MR) is 93.8 cm³/mol. The zero-order valence-electron chi connectivity index (χ0n) is 12.4. The van der Waals surface area contributed by atoms with Crippen molar-refractivity contribution in [1.29, 1.82) is 0 Å². The van der Waals surface area contributed by atoms with Crippen LogP contribution in [0.1, 0.15) is 0 Å².